The molecule has 7 heteroatoms. The van der Waals surface area contributed by atoms with Crippen LogP contribution in [0.25, 0.3) is 0 Å². The number of aliphatic imine (C=N–C) groups is 1. The van der Waals surface area contributed by atoms with Gasteiger partial charge in [-0.3, -0.25) is 4.90 Å². The quantitative estimate of drug-likeness (QED) is 0.387. The van der Waals surface area contributed by atoms with Crippen molar-refractivity contribution in [2.75, 3.05) is 65.6 Å². The Morgan fingerprint density at radius 3 is 2.48 bits per heavy atom. The smallest absolute Gasteiger partial charge is 0.191 e. The molecule has 3 rings (SSSR count). The second-order valence-electron chi connectivity index (χ2n) is 8.80. The zero-order valence-electron chi connectivity index (χ0n) is 19.4. The van der Waals surface area contributed by atoms with Gasteiger partial charge in [-0.2, -0.15) is 0 Å². The van der Waals surface area contributed by atoms with Crippen molar-refractivity contribution in [1.82, 2.24) is 20.4 Å². The molecule has 0 aromatic heterocycles. The highest BCUT2D eigenvalue weighted by Crippen LogP contribution is 2.31. The predicted octanol–water partition coefficient (Wildman–Crippen LogP) is 1.67. The fraction of sp³-hybridized carbons (Fsp3) is 0.708. The summed E-state index contributed by atoms with van der Waals surface area (Å²) in [6.45, 7) is 14.9. The monoisotopic (exact) mass is 431 g/mol. The number of hydrogen-bond acceptors (Lipinski definition) is 5. The summed E-state index contributed by atoms with van der Waals surface area (Å²) in [5.74, 6) is 0.832. The molecule has 2 saturated heterocycles. The summed E-state index contributed by atoms with van der Waals surface area (Å²) in [7, 11) is 0. The highest BCUT2D eigenvalue weighted by atomic mass is 16.5. The molecule has 1 unspecified atom stereocenters. The molecular formula is C24H41N5O2. The van der Waals surface area contributed by atoms with Crippen molar-refractivity contribution in [3.8, 4) is 0 Å². The largest absolute Gasteiger partial charge is 0.396 e. The van der Waals surface area contributed by atoms with Gasteiger partial charge < -0.3 is 25.4 Å². The number of aliphatic hydroxyl groups is 1. The van der Waals surface area contributed by atoms with E-state index in [9.17, 15) is 5.11 Å². The summed E-state index contributed by atoms with van der Waals surface area (Å²) in [5.41, 5.74) is 2.66. The number of rotatable bonds is 10. The fourth-order valence-corrected chi connectivity index (χ4v) is 4.46. The molecule has 2 fully saturated rings. The molecule has 1 atom stereocenters. The highest BCUT2D eigenvalue weighted by Gasteiger charge is 2.34. The number of likely N-dealkylation sites (N-methyl/N-ethyl adjacent to an activating group) is 1. The first kappa shape index (κ1) is 24.0. The summed E-state index contributed by atoms with van der Waals surface area (Å²) in [4.78, 5) is 9.95. The lowest BCUT2D eigenvalue weighted by Gasteiger charge is -2.34. The number of guanidine groups is 1. The van der Waals surface area contributed by atoms with Crippen LogP contribution in [0.4, 0.5) is 0 Å². The average Bonchev–Trinajstić information content (AvgIpc) is 3.26. The van der Waals surface area contributed by atoms with E-state index in [1.54, 1.807) is 0 Å². The van der Waals surface area contributed by atoms with E-state index in [0.717, 1.165) is 77.8 Å². The van der Waals surface area contributed by atoms with Gasteiger partial charge in [-0.1, -0.05) is 31.2 Å². The normalized spacial score (nSPS) is 23.3. The minimum absolute atomic E-state index is 0.00346. The summed E-state index contributed by atoms with van der Waals surface area (Å²) in [5, 5.41) is 16.3. The summed E-state index contributed by atoms with van der Waals surface area (Å²) >= 11 is 0. The van der Waals surface area contributed by atoms with Crippen LogP contribution in [-0.4, -0.2) is 86.5 Å². The molecule has 0 saturated carbocycles. The van der Waals surface area contributed by atoms with Crippen LogP contribution in [-0.2, 0) is 17.8 Å². The van der Waals surface area contributed by atoms with E-state index >= 15 is 0 Å². The second-order valence-corrected chi connectivity index (χ2v) is 8.80. The third-order valence-electron chi connectivity index (χ3n) is 6.63. The Morgan fingerprint density at radius 2 is 1.84 bits per heavy atom. The maximum absolute atomic E-state index is 9.47. The molecule has 0 bridgehead atoms. The molecule has 2 aliphatic rings. The van der Waals surface area contributed by atoms with E-state index in [0.29, 0.717) is 13.2 Å². The Balaban J connectivity index is 1.60. The van der Waals surface area contributed by atoms with Crippen molar-refractivity contribution in [3.63, 3.8) is 0 Å². The van der Waals surface area contributed by atoms with E-state index in [1.807, 2.05) is 0 Å². The van der Waals surface area contributed by atoms with Crippen LogP contribution in [0.1, 0.15) is 37.8 Å². The maximum Gasteiger partial charge on any atom is 0.191 e. The van der Waals surface area contributed by atoms with Crippen LogP contribution in [0.2, 0.25) is 0 Å². The van der Waals surface area contributed by atoms with Gasteiger partial charge in [0.1, 0.15) is 0 Å². The number of nitrogens with zero attached hydrogens (tertiary/aromatic N) is 3. The minimum Gasteiger partial charge on any atom is -0.396 e. The van der Waals surface area contributed by atoms with Gasteiger partial charge in [0.25, 0.3) is 0 Å². The standard InChI is InChI=1S/C24H41N5O2/c1-3-25-23(27-19-24(9-15-30)10-16-31-20-24)26-17-21-7-5-6-8-22(21)18-29-13-11-28(4-2)12-14-29/h5-8,30H,3-4,9-20H2,1-2H3,(H2,25,26,27). The Kier molecular flexibility index (Phi) is 9.58. The highest BCUT2D eigenvalue weighted by molar-refractivity contribution is 5.79. The fourth-order valence-electron chi connectivity index (χ4n) is 4.46. The lowest BCUT2D eigenvalue weighted by atomic mass is 9.84. The third-order valence-corrected chi connectivity index (χ3v) is 6.63. The molecule has 0 aliphatic carbocycles. The number of ether oxygens (including phenoxy) is 1. The number of piperazine rings is 1. The lowest BCUT2D eigenvalue weighted by Crippen LogP contribution is -2.45. The molecule has 1 aromatic carbocycles. The van der Waals surface area contributed by atoms with Crippen molar-refractivity contribution >= 4 is 5.96 Å². The summed E-state index contributed by atoms with van der Waals surface area (Å²) in [6.07, 6.45) is 1.74. The molecule has 3 N–H and O–H groups in total. The van der Waals surface area contributed by atoms with Crippen molar-refractivity contribution in [1.29, 1.82) is 0 Å². The molecule has 0 radical (unpaired) electrons. The third kappa shape index (κ3) is 7.17. The molecule has 7 nitrogen and oxygen atoms in total. The van der Waals surface area contributed by atoms with Crippen LogP contribution >= 0.6 is 0 Å². The Bertz CT molecular complexity index is 682. The van der Waals surface area contributed by atoms with E-state index in [-0.39, 0.29) is 12.0 Å². The number of nitrogens with one attached hydrogen (secondary N) is 2. The molecule has 0 amide bonds. The molecule has 174 valence electrons. The van der Waals surface area contributed by atoms with Gasteiger partial charge in [-0.05, 0) is 37.4 Å². The van der Waals surface area contributed by atoms with Crippen molar-refractivity contribution in [3.05, 3.63) is 35.4 Å². The molecule has 2 aliphatic heterocycles. The van der Waals surface area contributed by atoms with Gasteiger partial charge >= 0.3 is 0 Å². The van der Waals surface area contributed by atoms with Gasteiger partial charge in [0.15, 0.2) is 5.96 Å². The SMILES string of the molecule is CCNC(=NCc1ccccc1CN1CCN(CC)CC1)NCC1(CCO)CCOC1. The first-order valence-electron chi connectivity index (χ1n) is 11.9. The Morgan fingerprint density at radius 1 is 1.10 bits per heavy atom. The molecule has 0 spiro atoms. The van der Waals surface area contributed by atoms with Crippen LogP contribution in [0, 0.1) is 5.41 Å². The lowest BCUT2D eigenvalue weighted by molar-refractivity contribution is 0.127. The molecular weight excluding hydrogens is 390 g/mol. The van der Waals surface area contributed by atoms with E-state index in [2.05, 4.69) is 58.5 Å². The first-order valence-corrected chi connectivity index (χ1v) is 11.9. The van der Waals surface area contributed by atoms with E-state index in [4.69, 9.17) is 9.73 Å². The second kappa shape index (κ2) is 12.4. The van der Waals surface area contributed by atoms with Crippen LogP contribution in [0.5, 0.6) is 0 Å². The van der Waals surface area contributed by atoms with Crippen molar-refractivity contribution < 1.29 is 9.84 Å². The van der Waals surface area contributed by atoms with Gasteiger partial charge in [-0.25, -0.2) is 4.99 Å². The van der Waals surface area contributed by atoms with E-state index in [1.165, 1.54) is 11.1 Å². The van der Waals surface area contributed by atoms with Gasteiger partial charge in [0.05, 0.1) is 13.2 Å². The van der Waals surface area contributed by atoms with Crippen molar-refractivity contribution in [2.45, 2.75) is 39.8 Å². The average molecular weight is 432 g/mol. The number of benzene rings is 1. The first-order chi connectivity index (χ1) is 15.2. The van der Waals surface area contributed by atoms with Crippen LogP contribution in [0.15, 0.2) is 29.3 Å². The number of aliphatic hydroxyl groups excluding tert-OH is 1. The van der Waals surface area contributed by atoms with Crippen LogP contribution in [0.3, 0.4) is 0 Å². The van der Waals surface area contributed by atoms with Crippen LogP contribution < -0.4 is 10.6 Å². The summed E-state index contributed by atoms with van der Waals surface area (Å²) < 4.78 is 5.62. The van der Waals surface area contributed by atoms with Gasteiger partial charge in [0.2, 0.25) is 0 Å². The van der Waals surface area contributed by atoms with Gasteiger partial charge in [-0.15, -0.1) is 0 Å². The zero-order valence-corrected chi connectivity index (χ0v) is 19.4. The Labute approximate surface area is 187 Å². The van der Waals surface area contributed by atoms with Gasteiger partial charge in [0, 0.05) is 64.4 Å². The summed E-state index contributed by atoms with van der Waals surface area (Å²) in [6, 6.07) is 8.68. The maximum atomic E-state index is 9.47. The molecule has 31 heavy (non-hydrogen) atoms. The predicted molar refractivity (Wildman–Crippen MR) is 126 cm³/mol. The molecule has 1 aromatic rings. The van der Waals surface area contributed by atoms with E-state index < -0.39 is 0 Å². The molecule has 2 heterocycles. The van der Waals surface area contributed by atoms with Crippen molar-refractivity contribution in [2.24, 2.45) is 10.4 Å². The topological polar surface area (TPSA) is 72.4 Å². The number of hydrogen-bond donors (Lipinski definition) is 3. The Hall–Kier alpha value is -1.67. The minimum atomic E-state index is 0.00346. The zero-order chi connectivity index (χ0) is 21.9.